The molecule has 0 spiro atoms. The van der Waals surface area contributed by atoms with E-state index in [1.807, 2.05) is 30.5 Å². The molecule has 0 saturated carbocycles. The van der Waals surface area contributed by atoms with Gasteiger partial charge in [-0.3, -0.25) is 5.01 Å². The summed E-state index contributed by atoms with van der Waals surface area (Å²) in [6.45, 7) is 0. The van der Waals surface area contributed by atoms with Crippen LogP contribution in [0, 0.1) is 0 Å². The maximum atomic E-state index is 5.77. The van der Waals surface area contributed by atoms with E-state index >= 15 is 0 Å². The fraction of sp³-hybridized carbons (Fsp3) is 0.111. The molecule has 1 aromatic carbocycles. The van der Waals surface area contributed by atoms with Crippen LogP contribution in [-0.4, -0.2) is 5.01 Å². The van der Waals surface area contributed by atoms with Crippen molar-refractivity contribution in [3.05, 3.63) is 47.3 Å². The second-order valence-corrected chi connectivity index (χ2v) is 3.32. The van der Waals surface area contributed by atoms with E-state index in [1.165, 1.54) is 0 Å². The van der Waals surface area contributed by atoms with Crippen LogP contribution < -0.4 is 11.2 Å². The number of benzene rings is 1. The molecule has 1 aliphatic heterocycles. The Morgan fingerprint density at radius 3 is 2.54 bits per heavy atom. The molecule has 0 bridgehead atoms. The standard InChI is InChI=1S/C9H10ClN3/c10-8-3-1-7(2-4-8)9-12-5-6-13(9)11/h1-6,9,12H,11H2. The molecule has 2 rings (SSSR count). The monoisotopic (exact) mass is 195 g/mol. The molecule has 1 unspecified atom stereocenters. The van der Waals surface area contributed by atoms with E-state index in [4.69, 9.17) is 17.4 Å². The van der Waals surface area contributed by atoms with Gasteiger partial charge in [-0.1, -0.05) is 23.7 Å². The minimum atomic E-state index is 0.0252. The number of hydrogen-bond donors (Lipinski definition) is 2. The van der Waals surface area contributed by atoms with Gasteiger partial charge in [0.2, 0.25) is 0 Å². The van der Waals surface area contributed by atoms with Crippen molar-refractivity contribution in [1.82, 2.24) is 10.3 Å². The van der Waals surface area contributed by atoms with Gasteiger partial charge in [-0.05, 0) is 17.7 Å². The van der Waals surface area contributed by atoms with E-state index in [2.05, 4.69) is 5.32 Å². The molecule has 1 aliphatic rings. The first-order valence-corrected chi connectivity index (χ1v) is 4.36. The Balaban J connectivity index is 2.21. The average Bonchev–Trinajstić information content (AvgIpc) is 2.53. The molecule has 13 heavy (non-hydrogen) atoms. The van der Waals surface area contributed by atoms with Gasteiger partial charge in [-0.15, -0.1) is 0 Å². The van der Waals surface area contributed by atoms with Crippen molar-refractivity contribution in [2.75, 3.05) is 0 Å². The van der Waals surface area contributed by atoms with Crippen LogP contribution in [-0.2, 0) is 0 Å². The highest BCUT2D eigenvalue weighted by atomic mass is 35.5. The Morgan fingerprint density at radius 1 is 1.31 bits per heavy atom. The number of hydrazine groups is 1. The Bertz CT molecular complexity index is 320. The number of rotatable bonds is 1. The largest absolute Gasteiger partial charge is 0.365 e. The molecule has 0 fully saturated rings. The highest BCUT2D eigenvalue weighted by molar-refractivity contribution is 6.30. The lowest BCUT2D eigenvalue weighted by molar-refractivity contribution is 0.293. The lowest BCUT2D eigenvalue weighted by Gasteiger charge is -2.20. The van der Waals surface area contributed by atoms with Crippen LogP contribution in [0.5, 0.6) is 0 Å². The van der Waals surface area contributed by atoms with Crippen LogP contribution in [0.25, 0.3) is 0 Å². The minimum absolute atomic E-state index is 0.0252. The summed E-state index contributed by atoms with van der Waals surface area (Å²) in [5.41, 5.74) is 1.09. The first-order chi connectivity index (χ1) is 6.27. The summed E-state index contributed by atoms with van der Waals surface area (Å²) in [4.78, 5) is 0. The second kappa shape index (κ2) is 3.28. The average molecular weight is 196 g/mol. The Hall–Kier alpha value is -1.19. The third-order valence-corrected chi connectivity index (χ3v) is 2.24. The fourth-order valence-electron chi connectivity index (χ4n) is 1.31. The third kappa shape index (κ3) is 1.61. The highest BCUT2D eigenvalue weighted by Gasteiger charge is 2.16. The zero-order valence-corrected chi connectivity index (χ0v) is 7.70. The summed E-state index contributed by atoms with van der Waals surface area (Å²) in [7, 11) is 0. The number of halogens is 1. The molecule has 0 amide bonds. The molecule has 1 atom stereocenters. The zero-order valence-electron chi connectivity index (χ0n) is 6.94. The fourth-order valence-corrected chi connectivity index (χ4v) is 1.43. The summed E-state index contributed by atoms with van der Waals surface area (Å²) in [5.74, 6) is 5.70. The van der Waals surface area contributed by atoms with E-state index in [0.717, 1.165) is 10.6 Å². The predicted octanol–water partition coefficient (Wildman–Crippen LogP) is 1.59. The van der Waals surface area contributed by atoms with E-state index < -0.39 is 0 Å². The molecule has 0 aliphatic carbocycles. The SMILES string of the molecule is NN1C=CNC1c1ccc(Cl)cc1. The normalized spacial score (nSPS) is 20.5. The van der Waals surface area contributed by atoms with Gasteiger partial charge in [0.1, 0.15) is 6.17 Å². The number of nitrogens with one attached hydrogen (secondary N) is 1. The van der Waals surface area contributed by atoms with Crippen LogP contribution in [0.15, 0.2) is 36.7 Å². The van der Waals surface area contributed by atoms with Gasteiger partial charge >= 0.3 is 0 Å². The van der Waals surface area contributed by atoms with Crippen molar-refractivity contribution in [3.63, 3.8) is 0 Å². The molecule has 68 valence electrons. The van der Waals surface area contributed by atoms with Crippen LogP contribution in [0.1, 0.15) is 11.7 Å². The Kier molecular flexibility index (Phi) is 2.12. The number of nitrogens with zero attached hydrogens (tertiary/aromatic N) is 1. The highest BCUT2D eigenvalue weighted by Crippen LogP contribution is 2.20. The van der Waals surface area contributed by atoms with Crippen molar-refractivity contribution < 1.29 is 0 Å². The van der Waals surface area contributed by atoms with Gasteiger partial charge in [0.25, 0.3) is 0 Å². The van der Waals surface area contributed by atoms with Crippen LogP contribution in [0.4, 0.5) is 0 Å². The summed E-state index contributed by atoms with van der Waals surface area (Å²) < 4.78 is 0. The van der Waals surface area contributed by atoms with Crippen LogP contribution in [0.2, 0.25) is 5.02 Å². The maximum Gasteiger partial charge on any atom is 0.139 e. The van der Waals surface area contributed by atoms with Gasteiger partial charge in [0.05, 0.1) is 0 Å². The summed E-state index contributed by atoms with van der Waals surface area (Å²) in [6, 6.07) is 7.61. The topological polar surface area (TPSA) is 41.3 Å². The first kappa shape index (κ1) is 8.41. The lowest BCUT2D eigenvalue weighted by atomic mass is 10.2. The molecule has 1 heterocycles. The van der Waals surface area contributed by atoms with E-state index in [-0.39, 0.29) is 6.17 Å². The predicted molar refractivity (Wildman–Crippen MR) is 52.5 cm³/mol. The summed E-state index contributed by atoms with van der Waals surface area (Å²) in [6.07, 6.45) is 3.63. The van der Waals surface area contributed by atoms with Crippen molar-refractivity contribution >= 4 is 11.6 Å². The van der Waals surface area contributed by atoms with Crippen molar-refractivity contribution in [1.29, 1.82) is 0 Å². The zero-order chi connectivity index (χ0) is 9.26. The van der Waals surface area contributed by atoms with E-state index in [0.29, 0.717) is 0 Å². The van der Waals surface area contributed by atoms with Gasteiger partial charge in [0.15, 0.2) is 0 Å². The molecule has 3 N–H and O–H groups in total. The van der Waals surface area contributed by atoms with Crippen LogP contribution in [0.3, 0.4) is 0 Å². The second-order valence-electron chi connectivity index (χ2n) is 2.88. The molecule has 0 aromatic heterocycles. The molecular weight excluding hydrogens is 186 g/mol. The summed E-state index contributed by atoms with van der Waals surface area (Å²) in [5, 5.41) is 5.47. The van der Waals surface area contributed by atoms with E-state index in [1.54, 1.807) is 11.2 Å². The minimum Gasteiger partial charge on any atom is -0.365 e. The molecule has 3 nitrogen and oxygen atoms in total. The Labute approximate surface area is 81.8 Å². The van der Waals surface area contributed by atoms with Crippen LogP contribution >= 0.6 is 11.6 Å². The van der Waals surface area contributed by atoms with Crippen molar-refractivity contribution in [3.8, 4) is 0 Å². The molecular formula is C9H10ClN3. The maximum absolute atomic E-state index is 5.77. The smallest absolute Gasteiger partial charge is 0.139 e. The lowest BCUT2D eigenvalue weighted by Crippen LogP contribution is -2.32. The van der Waals surface area contributed by atoms with Crippen molar-refractivity contribution in [2.24, 2.45) is 5.84 Å². The molecule has 1 aromatic rings. The quantitative estimate of drug-likeness (QED) is 0.669. The van der Waals surface area contributed by atoms with Gasteiger partial charge in [-0.2, -0.15) is 0 Å². The van der Waals surface area contributed by atoms with Crippen molar-refractivity contribution in [2.45, 2.75) is 6.17 Å². The summed E-state index contributed by atoms with van der Waals surface area (Å²) >= 11 is 5.77. The van der Waals surface area contributed by atoms with E-state index in [9.17, 15) is 0 Å². The number of nitrogens with two attached hydrogens (primary N) is 1. The molecule has 4 heteroatoms. The first-order valence-electron chi connectivity index (χ1n) is 3.98. The Morgan fingerprint density at radius 2 is 2.00 bits per heavy atom. The van der Waals surface area contributed by atoms with Gasteiger partial charge < -0.3 is 5.32 Å². The third-order valence-electron chi connectivity index (χ3n) is 1.98. The van der Waals surface area contributed by atoms with Gasteiger partial charge in [0, 0.05) is 17.4 Å². The molecule has 0 saturated heterocycles. The number of hydrogen-bond acceptors (Lipinski definition) is 3. The van der Waals surface area contributed by atoms with Gasteiger partial charge in [-0.25, -0.2) is 5.84 Å². The molecule has 0 radical (unpaired) electrons.